The third kappa shape index (κ3) is 7.14. The molecule has 1 atom stereocenters. The van der Waals surface area contributed by atoms with Crippen molar-refractivity contribution in [2.75, 3.05) is 13.2 Å². The van der Waals surface area contributed by atoms with Crippen molar-refractivity contribution in [3.8, 4) is 11.5 Å². The smallest absolute Gasteiger partial charge is 0.261 e. The lowest BCUT2D eigenvalue weighted by molar-refractivity contribution is -0.128. The number of carbonyl (C=O) groups is 1. The second kappa shape index (κ2) is 11.5. The zero-order valence-electron chi connectivity index (χ0n) is 16.0. The van der Waals surface area contributed by atoms with E-state index >= 15 is 0 Å². The molecule has 0 radical (unpaired) electrons. The van der Waals surface area contributed by atoms with Gasteiger partial charge in [0, 0.05) is 11.6 Å². The highest BCUT2D eigenvalue weighted by atomic mass is 35.5. The van der Waals surface area contributed by atoms with Crippen LogP contribution in [0.5, 0.6) is 11.5 Å². The molecular weight excluding hydrogens is 362 g/mol. The molecule has 2 aromatic carbocycles. The number of amides is 1. The van der Waals surface area contributed by atoms with Crippen LogP contribution in [0.2, 0.25) is 5.02 Å². The van der Waals surface area contributed by atoms with E-state index in [0.29, 0.717) is 30.3 Å². The fraction of sp³-hybridized carbons (Fsp3) is 0.409. The number of benzene rings is 2. The Kier molecular flexibility index (Phi) is 8.99. The highest BCUT2D eigenvalue weighted by Crippen LogP contribution is 2.20. The van der Waals surface area contributed by atoms with Gasteiger partial charge < -0.3 is 14.8 Å². The molecule has 4 nitrogen and oxygen atoms in total. The number of hydrogen-bond acceptors (Lipinski definition) is 3. The molecule has 1 amide bonds. The minimum Gasteiger partial charge on any atom is -0.493 e. The minimum atomic E-state index is -0.508. The van der Waals surface area contributed by atoms with E-state index in [1.54, 1.807) is 24.3 Å². The molecule has 0 unspecified atom stereocenters. The summed E-state index contributed by atoms with van der Waals surface area (Å²) in [4.78, 5) is 12.4. The standard InChI is InChI=1S/C22H28ClNO3/c1-3-16-26-21-10-6-5-8-17(21)9-7-15-24-22(25)20(4-2)27-19-13-11-18(23)12-14-19/h5-6,8,10-14,20H,3-4,7,9,15-16H2,1-2H3,(H,24,25)/t20-/m1/s1. The normalized spacial score (nSPS) is 11.7. The third-order valence-electron chi connectivity index (χ3n) is 4.11. The maximum absolute atomic E-state index is 12.4. The van der Waals surface area contributed by atoms with E-state index in [2.05, 4.69) is 18.3 Å². The first-order valence-electron chi connectivity index (χ1n) is 9.54. The quantitative estimate of drug-likeness (QED) is 0.548. The van der Waals surface area contributed by atoms with Gasteiger partial charge in [-0.15, -0.1) is 0 Å². The Morgan fingerprint density at radius 1 is 1.11 bits per heavy atom. The Labute approximate surface area is 166 Å². The van der Waals surface area contributed by atoms with Gasteiger partial charge in [-0.05, 0) is 61.6 Å². The lowest BCUT2D eigenvalue weighted by Crippen LogP contribution is -2.38. The lowest BCUT2D eigenvalue weighted by Gasteiger charge is -2.17. The Morgan fingerprint density at radius 3 is 2.56 bits per heavy atom. The van der Waals surface area contributed by atoms with Crippen LogP contribution in [0.15, 0.2) is 48.5 Å². The Balaban J connectivity index is 1.78. The molecule has 0 saturated heterocycles. The number of hydrogen-bond donors (Lipinski definition) is 1. The van der Waals surface area contributed by atoms with Crippen LogP contribution in [0.25, 0.3) is 0 Å². The molecule has 0 aliphatic rings. The predicted molar refractivity (Wildman–Crippen MR) is 110 cm³/mol. The van der Waals surface area contributed by atoms with Crippen LogP contribution in [0.1, 0.15) is 38.7 Å². The van der Waals surface area contributed by atoms with Crippen molar-refractivity contribution in [1.29, 1.82) is 0 Å². The van der Waals surface area contributed by atoms with Gasteiger partial charge in [0.25, 0.3) is 5.91 Å². The fourth-order valence-corrected chi connectivity index (χ4v) is 2.79. The monoisotopic (exact) mass is 389 g/mol. The van der Waals surface area contributed by atoms with Crippen LogP contribution in [-0.2, 0) is 11.2 Å². The van der Waals surface area contributed by atoms with Crippen LogP contribution in [0.3, 0.4) is 0 Å². The van der Waals surface area contributed by atoms with Crippen LogP contribution in [0.4, 0.5) is 0 Å². The third-order valence-corrected chi connectivity index (χ3v) is 4.36. The summed E-state index contributed by atoms with van der Waals surface area (Å²) in [5, 5.41) is 3.61. The van der Waals surface area contributed by atoms with Crippen molar-refractivity contribution in [3.63, 3.8) is 0 Å². The minimum absolute atomic E-state index is 0.0945. The molecule has 1 N–H and O–H groups in total. The van der Waals surface area contributed by atoms with Crippen LogP contribution < -0.4 is 14.8 Å². The van der Waals surface area contributed by atoms with Crippen molar-refractivity contribution in [1.82, 2.24) is 5.32 Å². The van der Waals surface area contributed by atoms with Crippen LogP contribution >= 0.6 is 11.6 Å². The van der Waals surface area contributed by atoms with E-state index < -0.39 is 6.10 Å². The van der Waals surface area contributed by atoms with Crippen molar-refractivity contribution in [2.24, 2.45) is 0 Å². The number of ether oxygens (including phenoxy) is 2. The summed E-state index contributed by atoms with van der Waals surface area (Å²) >= 11 is 5.87. The van der Waals surface area contributed by atoms with Gasteiger partial charge in [-0.3, -0.25) is 4.79 Å². The number of aryl methyl sites for hydroxylation is 1. The Hall–Kier alpha value is -2.20. The number of halogens is 1. The fourth-order valence-electron chi connectivity index (χ4n) is 2.67. The highest BCUT2D eigenvalue weighted by molar-refractivity contribution is 6.30. The van der Waals surface area contributed by atoms with Gasteiger partial charge in [-0.25, -0.2) is 0 Å². The molecule has 0 saturated carbocycles. The molecule has 2 rings (SSSR count). The molecule has 0 bridgehead atoms. The first-order valence-corrected chi connectivity index (χ1v) is 9.92. The van der Waals surface area contributed by atoms with Crippen molar-refractivity contribution in [2.45, 2.75) is 45.6 Å². The number of rotatable bonds is 11. The van der Waals surface area contributed by atoms with Gasteiger partial charge in [0.15, 0.2) is 6.10 Å². The van der Waals surface area contributed by atoms with Crippen LogP contribution in [-0.4, -0.2) is 25.2 Å². The Bertz CT molecular complexity index is 703. The molecule has 0 aromatic heterocycles. The molecule has 0 aliphatic heterocycles. The van der Waals surface area contributed by atoms with E-state index in [-0.39, 0.29) is 5.91 Å². The molecule has 146 valence electrons. The van der Waals surface area contributed by atoms with Crippen molar-refractivity contribution >= 4 is 17.5 Å². The summed E-state index contributed by atoms with van der Waals surface area (Å²) in [6.07, 6.45) is 2.77. The number of nitrogens with one attached hydrogen (secondary N) is 1. The van der Waals surface area contributed by atoms with Gasteiger partial charge >= 0.3 is 0 Å². The molecule has 0 aliphatic carbocycles. The summed E-state index contributed by atoms with van der Waals surface area (Å²) in [5.74, 6) is 1.48. The first-order chi connectivity index (χ1) is 13.1. The van der Waals surface area contributed by atoms with Crippen molar-refractivity contribution < 1.29 is 14.3 Å². The molecule has 0 fully saturated rings. The predicted octanol–water partition coefficient (Wildman–Crippen LogP) is 5.04. The topological polar surface area (TPSA) is 47.6 Å². The molecular formula is C22H28ClNO3. The summed E-state index contributed by atoms with van der Waals surface area (Å²) in [5.41, 5.74) is 1.17. The zero-order chi connectivity index (χ0) is 19.5. The van der Waals surface area contributed by atoms with Gasteiger partial charge in [0.1, 0.15) is 11.5 Å². The summed E-state index contributed by atoms with van der Waals surface area (Å²) in [6.45, 7) is 5.34. The Morgan fingerprint density at radius 2 is 1.85 bits per heavy atom. The van der Waals surface area contributed by atoms with E-state index in [4.69, 9.17) is 21.1 Å². The molecule has 0 heterocycles. The van der Waals surface area contributed by atoms with Gasteiger partial charge in [0.05, 0.1) is 6.61 Å². The van der Waals surface area contributed by atoms with Crippen molar-refractivity contribution in [3.05, 3.63) is 59.1 Å². The summed E-state index contributed by atoms with van der Waals surface area (Å²) in [6, 6.07) is 15.1. The second-order valence-electron chi connectivity index (χ2n) is 6.32. The van der Waals surface area contributed by atoms with E-state index in [1.807, 2.05) is 25.1 Å². The summed E-state index contributed by atoms with van der Waals surface area (Å²) in [7, 11) is 0. The second-order valence-corrected chi connectivity index (χ2v) is 6.76. The van der Waals surface area contributed by atoms with Crippen LogP contribution in [0, 0.1) is 0 Å². The number of carbonyl (C=O) groups excluding carboxylic acids is 1. The number of para-hydroxylation sites is 1. The maximum Gasteiger partial charge on any atom is 0.261 e. The van der Waals surface area contributed by atoms with E-state index in [9.17, 15) is 4.79 Å². The molecule has 0 spiro atoms. The maximum atomic E-state index is 12.4. The average molecular weight is 390 g/mol. The molecule has 5 heteroatoms. The lowest BCUT2D eigenvalue weighted by atomic mass is 10.1. The van der Waals surface area contributed by atoms with Gasteiger partial charge in [-0.1, -0.05) is 43.6 Å². The molecule has 2 aromatic rings. The SMILES string of the molecule is CCCOc1ccccc1CCCNC(=O)[C@@H](CC)Oc1ccc(Cl)cc1. The molecule has 27 heavy (non-hydrogen) atoms. The zero-order valence-corrected chi connectivity index (χ0v) is 16.8. The largest absolute Gasteiger partial charge is 0.493 e. The average Bonchev–Trinajstić information content (AvgIpc) is 2.69. The highest BCUT2D eigenvalue weighted by Gasteiger charge is 2.17. The van der Waals surface area contributed by atoms with E-state index in [1.165, 1.54) is 5.56 Å². The van der Waals surface area contributed by atoms with Gasteiger partial charge in [-0.2, -0.15) is 0 Å². The first kappa shape index (κ1) is 21.1. The van der Waals surface area contributed by atoms with Gasteiger partial charge in [0.2, 0.25) is 0 Å². The summed E-state index contributed by atoms with van der Waals surface area (Å²) < 4.78 is 11.5. The van der Waals surface area contributed by atoms with E-state index in [0.717, 1.165) is 25.0 Å².